The van der Waals surface area contributed by atoms with Crippen molar-refractivity contribution in [3.63, 3.8) is 0 Å². The van der Waals surface area contributed by atoms with Gasteiger partial charge in [0.05, 0.1) is 23.5 Å². The molecule has 0 spiro atoms. The smallest absolute Gasteiger partial charge is 0.312 e. The fraction of sp³-hybridized carbons (Fsp3) is 0.300. The molecule has 5 heteroatoms. The molecule has 0 radical (unpaired) electrons. The molecule has 1 aromatic carbocycles. The second-order valence-corrected chi connectivity index (χ2v) is 7.52. The molecule has 0 fully saturated rings. The zero-order chi connectivity index (χ0) is 18.2. The predicted molar refractivity (Wildman–Crippen MR) is 98.4 cm³/mol. The molecule has 2 aromatic rings. The number of ether oxygens (including phenoxy) is 2. The van der Waals surface area contributed by atoms with Gasteiger partial charge in [0.2, 0.25) is 5.78 Å². The van der Waals surface area contributed by atoms with Crippen molar-refractivity contribution in [1.82, 2.24) is 0 Å². The Kier molecular flexibility index (Phi) is 4.52. The van der Waals surface area contributed by atoms with Crippen LogP contribution in [0.5, 0.6) is 5.75 Å². The van der Waals surface area contributed by atoms with E-state index in [1.54, 1.807) is 19.1 Å². The van der Waals surface area contributed by atoms with Crippen molar-refractivity contribution >= 4 is 29.2 Å². The van der Waals surface area contributed by atoms with Crippen LogP contribution in [0.25, 0.3) is 6.08 Å². The van der Waals surface area contributed by atoms with Crippen molar-refractivity contribution in [3.8, 4) is 5.75 Å². The van der Waals surface area contributed by atoms with E-state index in [2.05, 4.69) is 0 Å². The van der Waals surface area contributed by atoms with Crippen molar-refractivity contribution in [2.45, 2.75) is 32.3 Å². The van der Waals surface area contributed by atoms with Crippen LogP contribution in [0, 0.1) is 0 Å². The maximum absolute atomic E-state index is 13.0. The van der Waals surface area contributed by atoms with Gasteiger partial charge in [-0.3, -0.25) is 9.59 Å². The van der Waals surface area contributed by atoms with Crippen LogP contribution in [-0.2, 0) is 9.53 Å². The molecule has 2 heterocycles. The van der Waals surface area contributed by atoms with Gasteiger partial charge >= 0.3 is 5.97 Å². The number of benzene rings is 1. The number of carbonyl (C=O) groups excluding carboxylic acids is 2. The minimum Gasteiger partial charge on any atom is -0.482 e. The number of carbonyl (C=O) groups is 2. The molecule has 0 N–H and O–H groups in total. The molecule has 0 amide bonds. The van der Waals surface area contributed by atoms with Gasteiger partial charge in [0.1, 0.15) is 11.4 Å². The molecule has 1 atom stereocenters. The van der Waals surface area contributed by atoms with Gasteiger partial charge in [0.25, 0.3) is 0 Å². The van der Waals surface area contributed by atoms with E-state index in [1.807, 2.05) is 43.5 Å². The summed E-state index contributed by atoms with van der Waals surface area (Å²) in [6.07, 6.45) is 3.89. The predicted octanol–water partition coefficient (Wildman–Crippen LogP) is 4.44. The maximum Gasteiger partial charge on any atom is 0.312 e. The average Bonchev–Trinajstić information content (AvgIpc) is 3.12. The molecule has 1 aromatic heterocycles. The summed E-state index contributed by atoms with van der Waals surface area (Å²) >= 11 is 1.39. The molecule has 4 nitrogen and oxygen atoms in total. The Labute approximate surface area is 151 Å². The third kappa shape index (κ3) is 3.37. The van der Waals surface area contributed by atoms with Gasteiger partial charge in [-0.2, -0.15) is 0 Å². The van der Waals surface area contributed by atoms with Crippen LogP contribution in [0.4, 0.5) is 0 Å². The molecule has 0 saturated carbocycles. The van der Waals surface area contributed by atoms with Crippen molar-refractivity contribution in [2.24, 2.45) is 0 Å². The molecule has 130 valence electrons. The van der Waals surface area contributed by atoms with Crippen molar-refractivity contribution in [2.75, 3.05) is 7.11 Å². The fourth-order valence-corrected chi connectivity index (χ4v) is 3.45. The third-order valence-electron chi connectivity index (χ3n) is 4.21. The molecule has 0 bridgehead atoms. The van der Waals surface area contributed by atoms with E-state index >= 15 is 0 Å². The monoisotopic (exact) mass is 356 g/mol. The normalized spacial score (nSPS) is 15.8. The SMILES string of the molecule is COC(=O)C(C)c1cc2c(c(C(=O)c3cccs3)c1)OC(C)(C)C=C2. The third-order valence-corrected chi connectivity index (χ3v) is 5.08. The van der Waals surface area contributed by atoms with E-state index in [-0.39, 0.29) is 11.8 Å². The summed E-state index contributed by atoms with van der Waals surface area (Å²) in [4.78, 5) is 25.6. The van der Waals surface area contributed by atoms with Crippen LogP contribution in [-0.4, -0.2) is 24.5 Å². The number of hydrogen-bond donors (Lipinski definition) is 0. The number of thiophene rings is 1. The Balaban J connectivity index is 2.16. The molecule has 25 heavy (non-hydrogen) atoms. The van der Waals surface area contributed by atoms with Crippen molar-refractivity contribution < 1.29 is 19.1 Å². The van der Waals surface area contributed by atoms with Crippen LogP contribution in [0.15, 0.2) is 35.7 Å². The number of esters is 1. The first-order chi connectivity index (χ1) is 11.8. The number of rotatable bonds is 4. The van der Waals surface area contributed by atoms with Crippen molar-refractivity contribution in [3.05, 3.63) is 57.3 Å². The summed E-state index contributed by atoms with van der Waals surface area (Å²) in [6, 6.07) is 7.27. The van der Waals surface area contributed by atoms with Crippen LogP contribution >= 0.6 is 11.3 Å². The lowest BCUT2D eigenvalue weighted by Gasteiger charge is -2.30. The van der Waals surface area contributed by atoms with Crippen LogP contribution in [0.2, 0.25) is 0 Å². The number of ketones is 1. The largest absolute Gasteiger partial charge is 0.482 e. The van der Waals surface area contributed by atoms with Gasteiger partial charge in [-0.25, -0.2) is 0 Å². The van der Waals surface area contributed by atoms with E-state index < -0.39 is 11.5 Å². The Bertz CT molecular complexity index is 847. The van der Waals surface area contributed by atoms with Gasteiger partial charge in [-0.1, -0.05) is 12.1 Å². The molecule has 1 unspecified atom stereocenters. The van der Waals surface area contributed by atoms with E-state index in [1.165, 1.54) is 18.4 Å². The van der Waals surface area contributed by atoms with Gasteiger partial charge in [-0.15, -0.1) is 11.3 Å². The molecule has 1 aliphatic heterocycles. The number of methoxy groups -OCH3 is 1. The first-order valence-electron chi connectivity index (χ1n) is 8.04. The Morgan fingerprint density at radius 3 is 2.68 bits per heavy atom. The van der Waals surface area contributed by atoms with E-state index in [0.29, 0.717) is 16.2 Å². The molecular formula is C20H20O4S. The van der Waals surface area contributed by atoms with Crippen LogP contribution in [0.1, 0.15) is 53.1 Å². The number of fused-ring (bicyclic) bond motifs is 1. The average molecular weight is 356 g/mol. The minimum absolute atomic E-state index is 0.101. The van der Waals surface area contributed by atoms with Crippen LogP contribution in [0.3, 0.4) is 0 Å². The lowest BCUT2D eigenvalue weighted by atomic mass is 9.91. The zero-order valence-electron chi connectivity index (χ0n) is 14.7. The summed E-state index contributed by atoms with van der Waals surface area (Å²) in [5.74, 6) is -0.341. The maximum atomic E-state index is 13.0. The Morgan fingerprint density at radius 2 is 2.04 bits per heavy atom. The van der Waals surface area contributed by atoms with Crippen molar-refractivity contribution in [1.29, 1.82) is 0 Å². The standard InChI is InChI=1S/C20H20O4S/c1-12(19(22)23-4)14-10-13-7-8-20(2,3)24-18(13)15(11-14)17(21)16-6-5-9-25-16/h5-12H,1-4H3. The zero-order valence-corrected chi connectivity index (χ0v) is 15.5. The quantitative estimate of drug-likeness (QED) is 0.600. The summed E-state index contributed by atoms with van der Waals surface area (Å²) < 4.78 is 10.9. The summed E-state index contributed by atoms with van der Waals surface area (Å²) in [5, 5.41) is 1.87. The molecule has 3 rings (SSSR count). The molecular weight excluding hydrogens is 336 g/mol. The van der Waals surface area contributed by atoms with E-state index in [4.69, 9.17) is 9.47 Å². The van der Waals surface area contributed by atoms with E-state index in [9.17, 15) is 9.59 Å². The second-order valence-electron chi connectivity index (χ2n) is 6.58. The minimum atomic E-state index is -0.493. The summed E-state index contributed by atoms with van der Waals surface area (Å²) in [7, 11) is 1.36. The highest BCUT2D eigenvalue weighted by molar-refractivity contribution is 7.12. The second kappa shape index (κ2) is 6.48. The Hall–Kier alpha value is -2.40. The van der Waals surface area contributed by atoms with E-state index in [0.717, 1.165) is 11.1 Å². The summed E-state index contributed by atoms with van der Waals surface area (Å²) in [6.45, 7) is 5.65. The van der Waals surface area contributed by atoms with Gasteiger partial charge in [0, 0.05) is 5.56 Å². The lowest BCUT2D eigenvalue weighted by Crippen LogP contribution is -2.29. The summed E-state index contributed by atoms with van der Waals surface area (Å²) in [5.41, 5.74) is 1.52. The molecule has 0 aliphatic carbocycles. The highest BCUT2D eigenvalue weighted by Gasteiger charge is 2.29. The highest BCUT2D eigenvalue weighted by Crippen LogP contribution is 2.38. The highest BCUT2D eigenvalue weighted by atomic mass is 32.1. The molecule has 1 aliphatic rings. The first kappa shape index (κ1) is 17.4. The van der Waals surface area contributed by atoms with Gasteiger partial charge < -0.3 is 9.47 Å². The van der Waals surface area contributed by atoms with Crippen LogP contribution < -0.4 is 4.74 Å². The lowest BCUT2D eigenvalue weighted by molar-refractivity contribution is -0.142. The Morgan fingerprint density at radius 1 is 1.28 bits per heavy atom. The van der Waals surface area contributed by atoms with Gasteiger partial charge in [-0.05, 0) is 56.0 Å². The van der Waals surface area contributed by atoms with Gasteiger partial charge in [0.15, 0.2) is 0 Å². The fourth-order valence-electron chi connectivity index (χ4n) is 2.77. The number of hydrogen-bond acceptors (Lipinski definition) is 5. The topological polar surface area (TPSA) is 52.6 Å². The molecule has 0 saturated heterocycles. The first-order valence-corrected chi connectivity index (χ1v) is 8.92.